The summed E-state index contributed by atoms with van der Waals surface area (Å²) in [6, 6.07) is 11.7. The van der Waals surface area contributed by atoms with Gasteiger partial charge < -0.3 is 14.8 Å². The number of rotatable bonds is 9. The highest BCUT2D eigenvalue weighted by atomic mass is 127. The maximum atomic E-state index is 13.6. The van der Waals surface area contributed by atoms with Crippen molar-refractivity contribution in [2.24, 2.45) is 4.99 Å². The first-order valence-corrected chi connectivity index (χ1v) is 17.3. The Morgan fingerprint density at radius 3 is 2.56 bits per heavy atom. The van der Waals surface area contributed by atoms with E-state index in [2.05, 4.69) is 62.6 Å². The molecule has 0 aliphatic heterocycles. The predicted molar refractivity (Wildman–Crippen MR) is 181 cm³/mol. The van der Waals surface area contributed by atoms with Crippen LogP contribution in [0.15, 0.2) is 41.4 Å². The van der Waals surface area contributed by atoms with E-state index in [4.69, 9.17) is 14.5 Å². The lowest BCUT2D eigenvalue weighted by atomic mass is 9.93. The SMILES string of the molecule is CCOC(=O)c1ccc(COc2c(I)cc(I)cc2C=Nc2sc3c(c2C(=O)NC2CCCCC2)CCCC3)cc1. The number of ether oxygens (including phenoxy) is 2. The van der Waals surface area contributed by atoms with Crippen LogP contribution in [0.25, 0.3) is 0 Å². The fraction of sp³-hybridized carbons (Fsp3) is 0.406. The zero-order chi connectivity index (χ0) is 28.8. The molecule has 0 saturated heterocycles. The first-order valence-electron chi connectivity index (χ1n) is 14.3. The van der Waals surface area contributed by atoms with Crippen LogP contribution in [-0.2, 0) is 24.2 Å². The molecule has 0 spiro atoms. The molecule has 216 valence electrons. The van der Waals surface area contributed by atoms with E-state index >= 15 is 0 Å². The fourth-order valence-electron chi connectivity index (χ4n) is 5.44. The highest BCUT2D eigenvalue weighted by Crippen LogP contribution is 2.40. The van der Waals surface area contributed by atoms with E-state index in [-0.39, 0.29) is 17.9 Å². The van der Waals surface area contributed by atoms with E-state index in [1.54, 1.807) is 30.4 Å². The minimum absolute atomic E-state index is 0.0309. The predicted octanol–water partition coefficient (Wildman–Crippen LogP) is 8.40. The van der Waals surface area contributed by atoms with Crippen molar-refractivity contribution in [1.82, 2.24) is 5.32 Å². The maximum absolute atomic E-state index is 13.6. The normalized spacial score (nSPS) is 15.5. The second kappa shape index (κ2) is 14.5. The monoisotopic (exact) mass is 796 g/mol. The van der Waals surface area contributed by atoms with Crippen LogP contribution in [0.4, 0.5) is 5.00 Å². The van der Waals surface area contributed by atoms with E-state index in [9.17, 15) is 9.59 Å². The zero-order valence-corrected chi connectivity index (χ0v) is 28.3. The van der Waals surface area contributed by atoms with Crippen molar-refractivity contribution in [3.05, 3.63) is 76.2 Å². The van der Waals surface area contributed by atoms with Gasteiger partial charge in [-0.1, -0.05) is 31.4 Å². The molecule has 1 heterocycles. The summed E-state index contributed by atoms with van der Waals surface area (Å²) in [5, 5.41) is 4.13. The summed E-state index contributed by atoms with van der Waals surface area (Å²) in [6.07, 6.45) is 11.8. The quantitative estimate of drug-likeness (QED) is 0.134. The number of nitrogens with zero attached hydrogens (tertiary/aromatic N) is 1. The second-order valence-corrected chi connectivity index (χ2v) is 14.0. The Kier molecular flexibility index (Phi) is 10.7. The topological polar surface area (TPSA) is 77.0 Å². The minimum Gasteiger partial charge on any atom is -0.487 e. The Bertz CT molecular complexity index is 1430. The van der Waals surface area contributed by atoms with Crippen molar-refractivity contribution in [3.8, 4) is 5.75 Å². The van der Waals surface area contributed by atoms with E-state index in [0.29, 0.717) is 18.8 Å². The van der Waals surface area contributed by atoms with Crippen molar-refractivity contribution in [1.29, 1.82) is 0 Å². The van der Waals surface area contributed by atoms with Crippen LogP contribution >= 0.6 is 56.5 Å². The number of hydrogen-bond donors (Lipinski definition) is 1. The van der Waals surface area contributed by atoms with Crippen LogP contribution in [0.1, 0.15) is 94.2 Å². The van der Waals surface area contributed by atoms with Crippen LogP contribution < -0.4 is 10.1 Å². The molecule has 6 nitrogen and oxygen atoms in total. The average molecular weight is 797 g/mol. The van der Waals surface area contributed by atoms with Crippen molar-refractivity contribution < 1.29 is 19.1 Å². The second-order valence-electron chi connectivity index (χ2n) is 10.5. The van der Waals surface area contributed by atoms with Crippen LogP contribution in [0.2, 0.25) is 0 Å². The fourth-order valence-corrected chi connectivity index (χ4v) is 8.72. The van der Waals surface area contributed by atoms with Crippen molar-refractivity contribution in [3.63, 3.8) is 0 Å². The molecule has 0 radical (unpaired) electrons. The largest absolute Gasteiger partial charge is 0.487 e. The van der Waals surface area contributed by atoms with Gasteiger partial charge in [0.2, 0.25) is 0 Å². The van der Waals surface area contributed by atoms with E-state index in [0.717, 1.165) is 73.1 Å². The lowest BCUT2D eigenvalue weighted by molar-refractivity contribution is 0.0526. The highest BCUT2D eigenvalue weighted by molar-refractivity contribution is 14.1. The first-order chi connectivity index (χ1) is 19.9. The molecule has 2 aromatic carbocycles. The third-order valence-electron chi connectivity index (χ3n) is 7.53. The minimum atomic E-state index is -0.326. The van der Waals surface area contributed by atoms with Gasteiger partial charge in [0.25, 0.3) is 5.91 Å². The number of carbonyl (C=O) groups is 2. The molecule has 2 aliphatic carbocycles. The van der Waals surface area contributed by atoms with Crippen LogP contribution in [0.3, 0.4) is 0 Å². The number of fused-ring (bicyclic) bond motifs is 1. The number of amides is 1. The maximum Gasteiger partial charge on any atom is 0.338 e. The number of carbonyl (C=O) groups excluding carboxylic acids is 2. The number of thiophene rings is 1. The summed E-state index contributed by atoms with van der Waals surface area (Å²) < 4.78 is 13.5. The molecule has 9 heteroatoms. The summed E-state index contributed by atoms with van der Waals surface area (Å²) in [6.45, 7) is 2.49. The average Bonchev–Trinajstić information content (AvgIpc) is 3.35. The lowest BCUT2D eigenvalue weighted by Crippen LogP contribution is -2.36. The molecule has 0 unspecified atom stereocenters. The highest BCUT2D eigenvalue weighted by Gasteiger charge is 2.27. The Balaban J connectivity index is 1.38. The number of benzene rings is 2. The van der Waals surface area contributed by atoms with Crippen molar-refractivity contribution >= 4 is 79.6 Å². The summed E-state index contributed by atoms with van der Waals surface area (Å²) in [5.74, 6) is 0.454. The van der Waals surface area contributed by atoms with Gasteiger partial charge in [-0.2, -0.15) is 0 Å². The van der Waals surface area contributed by atoms with Gasteiger partial charge in [-0.3, -0.25) is 4.79 Å². The number of halogens is 2. The van der Waals surface area contributed by atoms with Gasteiger partial charge >= 0.3 is 5.97 Å². The Labute approximate surface area is 273 Å². The third-order valence-corrected chi connectivity index (χ3v) is 10.2. The number of hydrogen-bond acceptors (Lipinski definition) is 6. The van der Waals surface area contributed by atoms with Crippen LogP contribution in [0, 0.1) is 7.14 Å². The van der Waals surface area contributed by atoms with Gasteiger partial charge in [0.05, 0.1) is 21.3 Å². The van der Waals surface area contributed by atoms with Gasteiger partial charge in [-0.15, -0.1) is 11.3 Å². The molecule has 1 saturated carbocycles. The van der Waals surface area contributed by atoms with E-state index < -0.39 is 0 Å². The van der Waals surface area contributed by atoms with Gasteiger partial charge in [-0.25, -0.2) is 9.79 Å². The molecule has 1 N–H and O–H groups in total. The molecule has 1 amide bonds. The van der Waals surface area contributed by atoms with Crippen LogP contribution in [-0.4, -0.2) is 30.7 Å². The lowest BCUT2D eigenvalue weighted by Gasteiger charge is -2.23. The molecular weight excluding hydrogens is 762 g/mol. The molecule has 2 aliphatic rings. The molecule has 1 fully saturated rings. The number of aliphatic imine (C=N–C) groups is 1. The van der Waals surface area contributed by atoms with Crippen molar-refractivity contribution in [2.75, 3.05) is 6.61 Å². The first kappa shape index (κ1) is 30.5. The molecule has 0 bridgehead atoms. The van der Waals surface area contributed by atoms with Crippen molar-refractivity contribution in [2.45, 2.75) is 77.4 Å². The van der Waals surface area contributed by atoms with Gasteiger partial charge in [0.15, 0.2) is 0 Å². The molecular formula is C32H34I2N2O4S. The molecule has 5 rings (SSSR count). The summed E-state index contributed by atoms with van der Waals surface area (Å²) >= 11 is 6.27. The standard InChI is InChI=1S/C32H34I2N2O4S/c1-2-39-32(38)21-14-12-20(13-15-21)19-40-29-22(16-23(33)17-26(29)34)18-35-31-28(25-10-6-7-11-27(25)41-31)30(37)36-24-8-4-3-5-9-24/h12-18,24H,2-11,19H2,1H3,(H,36,37). The van der Waals surface area contributed by atoms with Gasteiger partial charge in [0, 0.05) is 26.3 Å². The zero-order valence-electron chi connectivity index (χ0n) is 23.1. The molecule has 0 atom stereocenters. The molecule has 3 aromatic rings. The Hall–Kier alpha value is -1.99. The summed E-state index contributed by atoms with van der Waals surface area (Å²) in [4.78, 5) is 31.8. The summed E-state index contributed by atoms with van der Waals surface area (Å²) in [7, 11) is 0. The summed E-state index contributed by atoms with van der Waals surface area (Å²) in [5.41, 5.74) is 4.31. The van der Waals surface area contributed by atoms with Crippen LogP contribution in [0.5, 0.6) is 5.75 Å². The molecule has 41 heavy (non-hydrogen) atoms. The Morgan fingerprint density at radius 2 is 1.80 bits per heavy atom. The smallest absolute Gasteiger partial charge is 0.338 e. The molecule has 1 aromatic heterocycles. The number of nitrogens with one attached hydrogen (secondary N) is 1. The number of aryl methyl sites for hydroxylation is 1. The van der Waals surface area contributed by atoms with E-state index in [1.807, 2.05) is 18.3 Å². The van der Waals surface area contributed by atoms with Gasteiger partial charge in [0.1, 0.15) is 17.4 Å². The van der Waals surface area contributed by atoms with E-state index in [1.165, 1.54) is 29.7 Å². The number of esters is 1. The van der Waals surface area contributed by atoms with Gasteiger partial charge in [-0.05, 0) is 126 Å². The third kappa shape index (κ3) is 7.70. The Morgan fingerprint density at radius 1 is 1.05 bits per heavy atom.